The molecule has 1 aromatic heterocycles. The lowest BCUT2D eigenvalue weighted by atomic mass is 10.1. The van der Waals surface area contributed by atoms with Gasteiger partial charge in [-0.25, -0.2) is 0 Å². The molecule has 2 rings (SSSR count). The smallest absolute Gasteiger partial charge is 0.261 e. The van der Waals surface area contributed by atoms with Gasteiger partial charge in [-0.15, -0.1) is 0 Å². The van der Waals surface area contributed by atoms with Crippen LogP contribution >= 0.6 is 0 Å². The molecular weight excluding hydrogens is 276 g/mol. The number of anilines is 1. The zero-order valence-electron chi connectivity index (χ0n) is 13.3. The average molecular weight is 298 g/mol. The first-order chi connectivity index (χ1) is 10.5. The van der Waals surface area contributed by atoms with Gasteiger partial charge < -0.3 is 9.88 Å². The maximum absolute atomic E-state index is 12.5. The Bertz CT molecular complexity index is 718. The van der Waals surface area contributed by atoms with Gasteiger partial charge in [0, 0.05) is 29.7 Å². The van der Waals surface area contributed by atoms with Crippen molar-refractivity contribution in [2.24, 2.45) is 0 Å². The molecule has 0 atom stereocenters. The van der Waals surface area contributed by atoms with E-state index in [-0.39, 0.29) is 16.9 Å². The van der Waals surface area contributed by atoms with E-state index in [0.717, 1.165) is 30.8 Å². The van der Waals surface area contributed by atoms with E-state index in [2.05, 4.69) is 12.2 Å². The van der Waals surface area contributed by atoms with Crippen molar-refractivity contribution in [1.82, 2.24) is 4.57 Å². The molecule has 4 heteroatoms. The van der Waals surface area contributed by atoms with Crippen LogP contribution in [0.2, 0.25) is 0 Å². The molecule has 0 aliphatic rings. The predicted octanol–water partition coefficient (Wildman–Crippen LogP) is 3.52. The van der Waals surface area contributed by atoms with Gasteiger partial charge in [-0.1, -0.05) is 31.5 Å². The van der Waals surface area contributed by atoms with Gasteiger partial charge in [0.1, 0.15) is 5.56 Å². The van der Waals surface area contributed by atoms with Gasteiger partial charge in [-0.2, -0.15) is 0 Å². The second-order valence-corrected chi connectivity index (χ2v) is 5.44. The number of unbranched alkanes of at least 4 members (excludes halogenated alkanes) is 1. The molecule has 0 fully saturated rings. The SMILES string of the molecule is CCCCn1c(C)cc(=O)c(C(=O)Nc2ccccc2)c1C. The Balaban J connectivity index is 2.37. The second-order valence-electron chi connectivity index (χ2n) is 5.44. The summed E-state index contributed by atoms with van der Waals surface area (Å²) < 4.78 is 2.05. The molecule has 0 aliphatic heterocycles. The summed E-state index contributed by atoms with van der Waals surface area (Å²) in [6.07, 6.45) is 2.08. The van der Waals surface area contributed by atoms with Crippen LogP contribution in [-0.2, 0) is 6.54 Å². The van der Waals surface area contributed by atoms with Crippen LogP contribution in [-0.4, -0.2) is 10.5 Å². The summed E-state index contributed by atoms with van der Waals surface area (Å²) in [4.78, 5) is 24.7. The molecule has 0 spiro atoms. The van der Waals surface area contributed by atoms with Crippen molar-refractivity contribution < 1.29 is 4.79 Å². The molecule has 4 nitrogen and oxygen atoms in total. The van der Waals surface area contributed by atoms with Crippen LogP contribution in [0.4, 0.5) is 5.69 Å². The zero-order valence-corrected chi connectivity index (χ0v) is 13.3. The minimum atomic E-state index is -0.348. The highest BCUT2D eigenvalue weighted by atomic mass is 16.2. The number of pyridine rings is 1. The number of nitrogens with zero attached hydrogens (tertiary/aromatic N) is 1. The maximum Gasteiger partial charge on any atom is 0.261 e. The van der Waals surface area contributed by atoms with Crippen molar-refractivity contribution in [2.45, 2.75) is 40.2 Å². The number of benzene rings is 1. The monoisotopic (exact) mass is 298 g/mol. The Hall–Kier alpha value is -2.36. The van der Waals surface area contributed by atoms with Crippen LogP contribution in [0.5, 0.6) is 0 Å². The quantitative estimate of drug-likeness (QED) is 0.918. The van der Waals surface area contributed by atoms with E-state index in [4.69, 9.17) is 0 Å². The van der Waals surface area contributed by atoms with Gasteiger partial charge in [0.25, 0.3) is 5.91 Å². The molecule has 1 heterocycles. The molecule has 0 radical (unpaired) electrons. The van der Waals surface area contributed by atoms with E-state index in [1.165, 1.54) is 0 Å². The van der Waals surface area contributed by atoms with Gasteiger partial charge in [-0.05, 0) is 32.4 Å². The second kappa shape index (κ2) is 7.07. The van der Waals surface area contributed by atoms with Gasteiger partial charge in [0.05, 0.1) is 0 Å². The number of hydrogen-bond donors (Lipinski definition) is 1. The number of carbonyl (C=O) groups is 1. The first-order valence-electron chi connectivity index (χ1n) is 7.62. The van der Waals surface area contributed by atoms with E-state index >= 15 is 0 Å². The van der Waals surface area contributed by atoms with Crippen molar-refractivity contribution in [3.63, 3.8) is 0 Å². The minimum Gasteiger partial charge on any atom is -0.348 e. The normalized spacial score (nSPS) is 10.5. The van der Waals surface area contributed by atoms with Crippen molar-refractivity contribution in [3.8, 4) is 0 Å². The van der Waals surface area contributed by atoms with Gasteiger partial charge >= 0.3 is 0 Å². The first-order valence-corrected chi connectivity index (χ1v) is 7.62. The summed E-state index contributed by atoms with van der Waals surface area (Å²) in [5, 5.41) is 2.79. The number of nitrogens with one attached hydrogen (secondary N) is 1. The third-order valence-electron chi connectivity index (χ3n) is 3.77. The number of carbonyl (C=O) groups excluding carboxylic acids is 1. The fourth-order valence-electron chi connectivity index (χ4n) is 2.57. The minimum absolute atomic E-state index is 0.226. The lowest BCUT2D eigenvalue weighted by Crippen LogP contribution is -2.27. The predicted molar refractivity (Wildman–Crippen MR) is 89.5 cm³/mol. The summed E-state index contributed by atoms with van der Waals surface area (Å²) in [6.45, 7) is 6.68. The molecule has 0 saturated heterocycles. The van der Waals surface area contributed by atoms with Crippen LogP contribution < -0.4 is 10.7 Å². The Morgan fingerprint density at radius 1 is 1.18 bits per heavy atom. The third-order valence-corrected chi connectivity index (χ3v) is 3.77. The number of aromatic nitrogens is 1. The highest BCUT2D eigenvalue weighted by Gasteiger charge is 2.17. The molecule has 2 aromatic rings. The topological polar surface area (TPSA) is 51.1 Å². The number of amides is 1. The van der Waals surface area contributed by atoms with Crippen LogP contribution in [0.15, 0.2) is 41.2 Å². The molecule has 1 amide bonds. The van der Waals surface area contributed by atoms with Crippen LogP contribution in [0, 0.1) is 13.8 Å². The van der Waals surface area contributed by atoms with E-state index in [1.807, 2.05) is 36.6 Å². The van der Waals surface area contributed by atoms with Crippen LogP contribution in [0.25, 0.3) is 0 Å². The largest absolute Gasteiger partial charge is 0.348 e. The Labute approximate surface area is 130 Å². The molecule has 1 N–H and O–H groups in total. The third kappa shape index (κ3) is 3.45. The van der Waals surface area contributed by atoms with Gasteiger partial charge in [0.15, 0.2) is 5.43 Å². The fourth-order valence-corrected chi connectivity index (χ4v) is 2.57. The number of para-hydroxylation sites is 1. The number of rotatable bonds is 5. The van der Waals surface area contributed by atoms with E-state index in [0.29, 0.717) is 5.69 Å². The molecule has 0 aliphatic carbocycles. The molecule has 0 bridgehead atoms. The van der Waals surface area contributed by atoms with Crippen LogP contribution in [0.1, 0.15) is 41.5 Å². The summed E-state index contributed by atoms with van der Waals surface area (Å²) in [7, 11) is 0. The van der Waals surface area contributed by atoms with E-state index < -0.39 is 0 Å². The van der Waals surface area contributed by atoms with E-state index in [9.17, 15) is 9.59 Å². The summed E-state index contributed by atoms with van der Waals surface area (Å²) in [6, 6.07) is 10.7. The van der Waals surface area contributed by atoms with Crippen LogP contribution in [0.3, 0.4) is 0 Å². The average Bonchev–Trinajstić information content (AvgIpc) is 2.47. The lowest BCUT2D eigenvalue weighted by Gasteiger charge is -2.17. The molecule has 22 heavy (non-hydrogen) atoms. The highest BCUT2D eigenvalue weighted by molar-refractivity contribution is 6.04. The summed E-state index contributed by atoms with van der Waals surface area (Å²) >= 11 is 0. The Morgan fingerprint density at radius 3 is 2.50 bits per heavy atom. The molecule has 116 valence electrons. The lowest BCUT2D eigenvalue weighted by molar-refractivity contribution is 0.102. The van der Waals surface area contributed by atoms with Gasteiger partial charge in [-0.3, -0.25) is 9.59 Å². The standard InChI is InChI=1S/C18H22N2O2/c1-4-5-11-20-13(2)12-16(21)17(14(20)3)18(22)19-15-9-7-6-8-10-15/h6-10,12H,4-5,11H2,1-3H3,(H,19,22). The molecule has 1 aromatic carbocycles. The summed E-state index contributed by atoms with van der Waals surface area (Å²) in [5.74, 6) is -0.348. The van der Waals surface area contributed by atoms with Crippen molar-refractivity contribution in [2.75, 3.05) is 5.32 Å². The number of hydrogen-bond acceptors (Lipinski definition) is 2. The zero-order chi connectivity index (χ0) is 16.1. The fraction of sp³-hybridized carbons (Fsp3) is 0.333. The maximum atomic E-state index is 12.5. The first kappa shape index (κ1) is 16.0. The highest BCUT2D eigenvalue weighted by Crippen LogP contribution is 2.12. The van der Waals surface area contributed by atoms with Crippen molar-refractivity contribution in [3.05, 3.63) is 63.6 Å². The molecular formula is C18H22N2O2. The van der Waals surface area contributed by atoms with Crippen molar-refractivity contribution in [1.29, 1.82) is 0 Å². The molecule has 0 saturated carbocycles. The molecule has 0 unspecified atom stereocenters. The Morgan fingerprint density at radius 2 is 1.86 bits per heavy atom. The number of aryl methyl sites for hydroxylation is 1. The van der Waals surface area contributed by atoms with Gasteiger partial charge in [0.2, 0.25) is 0 Å². The summed E-state index contributed by atoms with van der Waals surface area (Å²) in [5.41, 5.74) is 2.31. The van der Waals surface area contributed by atoms with Crippen molar-refractivity contribution >= 4 is 11.6 Å². The Kier molecular flexibility index (Phi) is 5.15. The van der Waals surface area contributed by atoms with E-state index in [1.54, 1.807) is 18.2 Å².